The first kappa shape index (κ1) is 32.5. The maximum absolute atomic E-state index is 6.78. The second-order valence-electron chi connectivity index (χ2n) is 15.2. The molecular formula is C54H39NO. The molecule has 0 radical (unpaired) electrons. The summed E-state index contributed by atoms with van der Waals surface area (Å²) in [5, 5.41) is 7.06. The van der Waals surface area contributed by atoms with Crippen molar-refractivity contribution < 1.29 is 4.42 Å². The topological polar surface area (TPSA) is 16.4 Å². The van der Waals surface area contributed by atoms with E-state index in [-0.39, 0.29) is 0 Å². The zero-order chi connectivity index (χ0) is 37.0. The number of benzene rings is 7. The number of rotatable bonds is 6. The summed E-state index contributed by atoms with van der Waals surface area (Å²) in [7, 11) is 0. The highest BCUT2D eigenvalue weighted by Crippen LogP contribution is 2.46. The van der Waals surface area contributed by atoms with Crippen LogP contribution in [0, 0.1) is 5.92 Å². The van der Waals surface area contributed by atoms with Crippen molar-refractivity contribution in [3.63, 3.8) is 0 Å². The molecule has 2 nitrogen and oxygen atoms in total. The summed E-state index contributed by atoms with van der Waals surface area (Å²) in [6.07, 6.45) is 21.6. The van der Waals surface area contributed by atoms with E-state index >= 15 is 0 Å². The summed E-state index contributed by atoms with van der Waals surface area (Å²) >= 11 is 0. The molecule has 11 rings (SSSR count). The first-order valence-corrected chi connectivity index (χ1v) is 19.7. The average Bonchev–Trinajstić information content (AvgIpc) is 3.63. The summed E-state index contributed by atoms with van der Waals surface area (Å²) in [6.45, 7) is 0. The molecule has 0 saturated carbocycles. The van der Waals surface area contributed by atoms with Crippen LogP contribution in [0.1, 0.15) is 24.8 Å². The van der Waals surface area contributed by atoms with Crippen LogP contribution in [-0.2, 0) is 0 Å². The van der Waals surface area contributed by atoms with Gasteiger partial charge in [-0.05, 0) is 99.7 Å². The van der Waals surface area contributed by atoms with Gasteiger partial charge in [-0.15, -0.1) is 0 Å². The third-order valence-corrected chi connectivity index (χ3v) is 11.9. The van der Waals surface area contributed by atoms with Gasteiger partial charge in [0.25, 0.3) is 0 Å². The Morgan fingerprint density at radius 2 is 1.30 bits per heavy atom. The molecule has 0 bridgehead atoms. The molecule has 1 heterocycles. The summed E-state index contributed by atoms with van der Waals surface area (Å²) in [6, 6.07) is 52.7. The van der Waals surface area contributed by atoms with E-state index in [9.17, 15) is 0 Å². The summed E-state index contributed by atoms with van der Waals surface area (Å²) in [5.74, 6) is 0.483. The quantitative estimate of drug-likeness (QED) is 0.170. The Labute approximate surface area is 327 Å². The molecule has 0 aliphatic heterocycles. The normalized spacial score (nSPS) is 16.5. The number of fused-ring (bicyclic) bond motifs is 6. The van der Waals surface area contributed by atoms with Gasteiger partial charge in [0.2, 0.25) is 0 Å². The average molecular weight is 718 g/mol. The van der Waals surface area contributed by atoms with Gasteiger partial charge in [0.15, 0.2) is 0 Å². The van der Waals surface area contributed by atoms with E-state index in [0.29, 0.717) is 5.92 Å². The van der Waals surface area contributed by atoms with Crippen LogP contribution in [0.5, 0.6) is 0 Å². The maximum Gasteiger partial charge on any atom is 0.143 e. The standard InChI is InChI=1S/C54H39NO/c1-2-14-39-33-44(27-26-36(39)12-1)41-19-9-18-40(32-41)37-28-30-45(31-29-37)55(51-25-10-17-38-13-5-6-20-46(38)51)52-24-8-7-21-47(52)48-22-11-23-49-50-34-42-15-3-4-16-43(42)35-53(50)56-54(48)49/h1-8,10-18,20-32,34-35,39H,9,19,33H2. The number of furan rings is 1. The van der Waals surface area contributed by atoms with Gasteiger partial charge in [0.05, 0.1) is 11.4 Å². The largest absolute Gasteiger partial charge is 0.455 e. The van der Waals surface area contributed by atoms with Crippen molar-refractivity contribution in [2.45, 2.75) is 19.3 Å². The molecule has 2 heteroatoms. The van der Waals surface area contributed by atoms with Crippen LogP contribution in [0.3, 0.4) is 0 Å². The Bertz CT molecular complexity index is 3050. The highest BCUT2D eigenvalue weighted by molar-refractivity contribution is 6.14. The van der Waals surface area contributed by atoms with Crippen molar-refractivity contribution in [2.24, 2.45) is 5.92 Å². The summed E-state index contributed by atoms with van der Waals surface area (Å²) in [5.41, 5.74) is 14.2. The zero-order valence-corrected chi connectivity index (χ0v) is 31.0. The third-order valence-electron chi connectivity index (χ3n) is 11.9. The van der Waals surface area contributed by atoms with Crippen LogP contribution in [-0.4, -0.2) is 0 Å². The minimum atomic E-state index is 0.483. The molecule has 0 saturated heterocycles. The highest BCUT2D eigenvalue weighted by atomic mass is 16.3. The van der Waals surface area contributed by atoms with Crippen LogP contribution in [0.15, 0.2) is 215 Å². The maximum atomic E-state index is 6.78. The Balaban J connectivity index is 1.03. The van der Waals surface area contributed by atoms with Crippen LogP contribution in [0.4, 0.5) is 17.1 Å². The van der Waals surface area contributed by atoms with E-state index in [1.807, 2.05) is 0 Å². The molecule has 0 fully saturated rings. The van der Waals surface area contributed by atoms with Crippen LogP contribution >= 0.6 is 0 Å². The Morgan fingerprint density at radius 3 is 2.21 bits per heavy atom. The van der Waals surface area contributed by atoms with Gasteiger partial charge < -0.3 is 9.32 Å². The van der Waals surface area contributed by atoms with Gasteiger partial charge in [0.1, 0.15) is 11.2 Å². The fourth-order valence-electron chi connectivity index (χ4n) is 9.07. The molecule has 266 valence electrons. The molecule has 7 aromatic carbocycles. The molecule has 8 aromatic rings. The molecular weight excluding hydrogens is 679 g/mol. The molecule has 56 heavy (non-hydrogen) atoms. The van der Waals surface area contributed by atoms with Crippen molar-refractivity contribution in [1.29, 1.82) is 0 Å². The van der Waals surface area contributed by atoms with Crippen molar-refractivity contribution in [3.8, 4) is 11.1 Å². The number of nitrogens with zero attached hydrogens (tertiary/aromatic N) is 1. The van der Waals surface area contributed by atoms with E-state index in [1.165, 1.54) is 49.4 Å². The van der Waals surface area contributed by atoms with Gasteiger partial charge in [-0.25, -0.2) is 0 Å². The van der Waals surface area contributed by atoms with Crippen molar-refractivity contribution >= 4 is 66.1 Å². The Kier molecular flexibility index (Phi) is 7.81. The number of para-hydroxylation sites is 2. The number of hydrogen-bond acceptors (Lipinski definition) is 2. The monoisotopic (exact) mass is 717 g/mol. The van der Waals surface area contributed by atoms with Gasteiger partial charge in [0, 0.05) is 38.9 Å². The second-order valence-corrected chi connectivity index (χ2v) is 15.2. The lowest BCUT2D eigenvalue weighted by Gasteiger charge is -2.29. The van der Waals surface area contributed by atoms with E-state index in [0.717, 1.165) is 69.4 Å². The fourth-order valence-corrected chi connectivity index (χ4v) is 9.07. The van der Waals surface area contributed by atoms with Crippen molar-refractivity contribution in [2.75, 3.05) is 4.90 Å². The van der Waals surface area contributed by atoms with Crippen LogP contribution in [0.25, 0.3) is 60.2 Å². The van der Waals surface area contributed by atoms with E-state index in [2.05, 4.69) is 199 Å². The lowest BCUT2D eigenvalue weighted by atomic mass is 9.80. The number of allylic oxidation sites excluding steroid dienone is 12. The lowest BCUT2D eigenvalue weighted by molar-refractivity contribution is 0.670. The third kappa shape index (κ3) is 5.57. The highest BCUT2D eigenvalue weighted by Gasteiger charge is 2.23. The SMILES string of the molecule is C1=CC2=CC=C(C3=CC(c4ccc(N(c5ccccc5-c5cccc6c5oc5cc7ccccc7cc56)c5cccc6ccccc56)cc4)=CCC3)CC2C=C1. The molecule has 3 aliphatic rings. The molecule has 0 spiro atoms. The molecule has 1 aromatic heterocycles. The minimum Gasteiger partial charge on any atom is -0.455 e. The predicted molar refractivity (Wildman–Crippen MR) is 237 cm³/mol. The molecule has 3 aliphatic carbocycles. The van der Waals surface area contributed by atoms with E-state index < -0.39 is 0 Å². The van der Waals surface area contributed by atoms with E-state index in [4.69, 9.17) is 4.42 Å². The molecule has 0 amide bonds. The molecule has 1 atom stereocenters. The fraction of sp³-hybridized carbons (Fsp3) is 0.0741. The van der Waals surface area contributed by atoms with Crippen molar-refractivity contribution in [3.05, 3.63) is 216 Å². The predicted octanol–water partition coefficient (Wildman–Crippen LogP) is 15.1. The minimum absolute atomic E-state index is 0.483. The lowest BCUT2D eigenvalue weighted by Crippen LogP contribution is -2.12. The molecule has 0 N–H and O–H groups in total. The zero-order valence-electron chi connectivity index (χ0n) is 31.0. The van der Waals surface area contributed by atoms with Gasteiger partial charge in [-0.1, -0.05) is 158 Å². The smallest absolute Gasteiger partial charge is 0.143 e. The van der Waals surface area contributed by atoms with Crippen LogP contribution in [0.2, 0.25) is 0 Å². The first-order chi connectivity index (χ1) is 27.7. The van der Waals surface area contributed by atoms with Crippen molar-refractivity contribution in [1.82, 2.24) is 0 Å². The van der Waals surface area contributed by atoms with Gasteiger partial charge in [-0.3, -0.25) is 0 Å². The number of hydrogen-bond donors (Lipinski definition) is 0. The van der Waals surface area contributed by atoms with Gasteiger partial charge in [-0.2, -0.15) is 0 Å². The Hall–Kier alpha value is -6.90. The van der Waals surface area contributed by atoms with Gasteiger partial charge >= 0.3 is 0 Å². The van der Waals surface area contributed by atoms with E-state index in [1.54, 1.807) is 0 Å². The number of anilines is 3. The second kappa shape index (κ2) is 13.4. The Morgan fingerprint density at radius 1 is 0.571 bits per heavy atom. The summed E-state index contributed by atoms with van der Waals surface area (Å²) in [4.78, 5) is 2.43. The summed E-state index contributed by atoms with van der Waals surface area (Å²) < 4.78 is 6.78. The van der Waals surface area contributed by atoms with Crippen LogP contribution < -0.4 is 4.90 Å². The first-order valence-electron chi connectivity index (χ1n) is 19.7. The molecule has 1 unspecified atom stereocenters.